The van der Waals surface area contributed by atoms with Gasteiger partial charge < -0.3 is 181 Å². The van der Waals surface area contributed by atoms with Gasteiger partial charge in [-0.1, -0.05) is 0 Å². The van der Waals surface area contributed by atoms with E-state index in [1.807, 2.05) is 0 Å². The van der Waals surface area contributed by atoms with Crippen LogP contribution in [0.2, 0.25) is 0 Å². The van der Waals surface area contributed by atoms with Gasteiger partial charge in [0.2, 0.25) is 23.6 Å². The summed E-state index contributed by atoms with van der Waals surface area (Å²) in [5.41, 5.74) is 0. The minimum absolute atomic E-state index is 0.862. The van der Waals surface area contributed by atoms with Gasteiger partial charge in [0, 0.05) is 33.6 Å². The summed E-state index contributed by atoms with van der Waals surface area (Å²) in [5, 5.41) is 246. The summed E-state index contributed by atoms with van der Waals surface area (Å²) in [6.07, 6.45) is -58.1. The highest BCUT2D eigenvalue weighted by Crippen LogP contribution is 2.41. The molecule has 0 aromatic rings. The van der Waals surface area contributed by atoms with Crippen LogP contribution in [0.1, 0.15) is 33.6 Å². The molecule has 5 rings (SSSR count). The Hall–Kier alpha value is -4.38. The average Bonchev–Trinajstić information content (AvgIpc) is 0.769. The Kier molecular flexibility index (Phi) is 29.0. The molecule has 5 heterocycles. The molecule has 5 saturated heterocycles. The Bertz CT molecular complexity index is 2410. The fourth-order valence-electron chi connectivity index (χ4n) is 11.0. The lowest BCUT2D eigenvalue weighted by Crippen LogP contribution is -2.71. The third kappa shape index (κ3) is 18.0. The Labute approximate surface area is 519 Å². The van der Waals surface area contributed by atoms with Crippen molar-refractivity contribution in [3.63, 3.8) is 0 Å². The van der Waals surface area contributed by atoms with Crippen molar-refractivity contribution in [2.24, 2.45) is 0 Å². The molecule has 5 aliphatic heterocycles. The van der Waals surface area contributed by atoms with Gasteiger partial charge in [0.15, 0.2) is 18.9 Å². The smallest absolute Gasteiger partial charge is 0.364 e. The Morgan fingerprint density at radius 2 is 0.946 bits per heavy atom. The molecule has 0 aromatic heterocycles. The first-order valence-electron chi connectivity index (χ1n) is 28.4. The number of hydrogen-bond acceptors (Lipinski definition) is 36. The van der Waals surface area contributed by atoms with Crippen LogP contribution in [-0.2, 0) is 76.1 Å². The largest absolute Gasteiger partial charge is 0.477 e. The lowest BCUT2D eigenvalue weighted by atomic mass is 9.88. The van der Waals surface area contributed by atoms with Gasteiger partial charge in [0.05, 0.1) is 76.6 Å². The average molecular weight is 1350 g/mol. The second kappa shape index (κ2) is 34.0. The van der Waals surface area contributed by atoms with Crippen LogP contribution >= 0.6 is 0 Å². The van der Waals surface area contributed by atoms with Crippen LogP contribution in [0.5, 0.6) is 0 Å². The van der Waals surface area contributed by atoms with E-state index in [0.717, 1.165) is 20.8 Å². The van der Waals surface area contributed by atoms with Crippen LogP contribution in [0.3, 0.4) is 0 Å². The molecule has 0 spiro atoms. The molecule has 5 aliphatic rings. The molecule has 0 saturated carbocycles. The Morgan fingerprint density at radius 3 is 1.36 bits per heavy atom. The first-order valence-corrected chi connectivity index (χ1v) is 28.4. The molecule has 31 atom stereocenters. The van der Waals surface area contributed by atoms with Gasteiger partial charge in [-0.2, -0.15) is 0 Å². The quantitative estimate of drug-likeness (QED) is 0.0306. The van der Waals surface area contributed by atoms with Crippen molar-refractivity contribution in [2.75, 3.05) is 52.9 Å². The number of aliphatic hydroxyl groups is 20. The molecule has 0 aromatic carbocycles. The number of rotatable bonds is 31. The van der Waals surface area contributed by atoms with Gasteiger partial charge in [0.25, 0.3) is 11.6 Å². The van der Waals surface area contributed by atoms with Crippen LogP contribution in [0.15, 0.2) is 0 Å². The fraction of sp³-hybridized carbons (Fsp3) is 0.880. The van der Waals surface area contributed by atoms with Crippen molar-refractivity contribution in [1.29, 1.82) is 0 Å². The minimum Gasteiger partial charge on any atom is -0.477 e. The second-order valence-corrected chi connectivity index (χ2v) is 22.4. The highest BCUT2D eigenvalue weighted by molar-refractivity contribution is 5.79. The van der Waals surface area contributed by atoms with Crippen LogP contribution in [0.25, 0.3) is 0 Å². The van der Waals surface area contributed by atoms with E-state index in [2.05, 4.69) is 21.3 Å². The van der Waals surface area contributed by atoms with E-state index < -0.39 is 290 Å². The van der Waals surface area contributed by atoms with E-state index in [1.165, 1.54) is 0 Å². The van der Waals surface area contributed by atoms with Gasteiger partial charge >= 0.3 is 11.9 Å². The number of carboxylic acids is 2. The SMILES string of the molecule is CC(=O)N[C@H]1[C@H](OC[C@@H](O)[C@H](O)[C@H](O[C@@H]2O[C@H](CO)[C@H](O)[C@H](O[C@]3(C(=O)O)C[C@H](O)[C@@H](NC(C)=O)[C@H]([C@H](O)[C@H](O)CO)O3)[C@H]2O)[C@H](CO)NC(C)=O)O[C@H](CO)[C@@H](O[C@@H]2O[C@H](CO)[C@H](O)[C@H](O[C@]3(C(=O)O)C[C@H](O)[C@@H](NC(=O)CO)[C@H]([C@H](O)[C@H](O)CO)O3)[C@H]2O)[C@@H]1O. The maximum atomic E-state index is 13.1. The maximum absolute atomic E-state index is 13.1. The van der Waals surface area contributed by atoms with Crippen molar-refractivity contribution in [3.05, 3.63) is 0 Å². The molecule has 42 heteroatoms. The monoisotopic (exact) mass is 1350 g/mol. The summed E-state index contributed by atoms with van der Waals surface area (Å²) in [4.78, 5) is 75.5. The summed E-state index contributed by atoms with van der Waals surface area (Å²) in [6.45, 7) is -6.76. The number of carboxylic acid groups (broad SMARTS) is 2. The lowest BCUT2D eigenvalue weighted by molar-refractivity contribution is -0.383. The van der Waals surface area contributed by atoms with Gasteiger partial charge in [0.1, 0.15) is 135 Å². The molecular weight excluding hydrogens is 1260 g/mol. The molecule has 0 bridgehead atoms. The second-order valence-electron chi connectivity index (χ2n) is 22.4. The lowest BCUT2D eigenvalue weighted by Gasteiger charge is -2.51. The normalized spacial score (nSPS) is 39.5. The third-order valence-corrected chi connectivity index (χ3v) is 15.7. The topological polar surface area (TPSA) is 688 Å². The summed E-state index contributed by atoms with van der Waals surface area (Å²) < 4.78 is 56.7. The molecule has 92 heavy (non-hydrogen) atoms. The number of carbonyl (C=O) groups is 6. The van der Waals surface area contributed by atoms with Gasteiger partial charge in [-0.25, -0.2) is 9.59 Å². The number of carbonyl (C=O) groups excluding carboxylic acids is 4. The standard InChI is InChI=1S/C50H84N4O38/c1-14(62)51-17(6-55)38(87-45-36(77)42(33(74)23(9-58)84-45)91-49(47(79)80)4-18(65)27(52-15(2)63)40(89-49)30(71)20(67)7-56)32(73)22(69)13-83-44-29(53-16(3)64)35(76)39(25(11-60)86-44)88-46-37(78)43(34(75)24(10-59)85-46)92-50(48(81)82)5-19(66)28(54-26(70)12-61)41(90-50)31(72)21(68)8-57/h17-25,27-46,55-61,65-69,71-78H,4-13H2,1-3H3,(H,51,62)(H,52,63)(H,53,64)(H,54,70)(H,79,80)(H,81,82)/t17-,18-,19-,20+,21+,22+,23+,24+,25+,27+,28+,29+,30+,31+,32-,33-,34-,35+,36+,37+,38+,39+,40+,41+,42-,43-,44+,45-,46-,49-,50-/m0/s1. The third-order valence-electron chi connectivity index (χ3n) is 15.7. The van der Waals surface area contributed by atoms with E-state index in [1.54, 1.807) is 0 Å². The van der Waals surface area contributed by atoms with E-state index in [4.69, 9.17) is 47.4 Å². The summed E-state index contributed by atoms with van der Waals surface area (Å²) in [7, 11) is 0. The highest BCUT2D eigenvalue weighted by Gasteiger charge is 2.63. The summed E-state index contributed by atoms with van der Waals surface area (Å²) in [5.74, 6) is -14.8. The minimum atomic E-state index is -3.29. The van der Waals surface area contributed by atoms with Crippen molar-refractivity contribution < 1.29 is 188 Å². The van der Waals surface area contributed by atoms with E-state index in [-0.39, 0.29) is 0 Å². The predicted octanol–water partition coefficient (Wildman–Crippen LogP) is -16.5. The van der Waals surface area contributed by atoms with Crippen LogP contribution in [-0.4, -0.2) is 390 Å². The Morgan fingerprint density at radius 1 is 0.511 bits per heavy atom. The van der Waals surface area contributed by atoms with Crippen molar-refractivity contribution in [2.45, 2.75) is 223 Å². The zero-order valence-corrected chi connectivity index (χ0v) is 49.2. The zero-order valence-electron chi connectivity index (χ0n) is 49.2. The number of aliphatic hydroxyl groups excluding tert-OH is 20. The summed E-state index contributed by atoms with van der Waals surface area (Å²) >= 11 is 0. The molecule has 532 valence electrons. The van der Waals surface area contributed by atoms with E-state index in [0.29, 0.717) is 0 Å². The number of amides is 4. The molecule has 0 radical (unpaired) electrons. The van der Waals surface area contributed by atoms with Crippen LogP contribution < -0.4 is 21.3 Å². The molecule has 42 nitrogen and oxygen atoms in total. The van der Waals surface area contributed by atoms with Crippen LogP contribution in [0, 0.1) is 0 Å². The number of nitrogens with one attached hydrogen (secondary N) is 4. The number of hydrogen-bond donors (Lipinski definition) is 26. The predicted molar refractivity (Wildman–Crippen MR) is 284 cm³/mol. The Balaban J connectivity index is 1.40. The van der Waals surface area contributed by atoms with Gasteiger partial charge in [-0.3, -0.25) is 19.2 Å². The molecule has 26 N–H and O–H groups in total. The van der Waals surface area contributed by atoms with Crippen molar-refractivity contribution >= 4 is 35.6 Å². The van der Waals surface area contributed by atoms with Gasteiger partial charge in [-0.05, 0) is 0 Å². The number of ether oxygens (including phenoxy) is 10. The molecule has 4 amide bonds. The summed E-state index contributed by atoms with van der Waals surface area (Å²) in [6, 6.07) is -7.31. The number of aliphatic carboxylic acids is 2. The van der Waals surface area contributed by atoms with E-state index in [9.17, 15) is 141 Å². The molecule has 0 aliphatic carbocycles. The maximum Gasteiger partial charge on any atom is 0.364 e. The van der Waals surface area contributed by atoms with Crippen LogP contribution in [0.4, 0.5) is 0 Å². The van der Waals surface area contributed by atoms with E-state index >= 15 is 0 Å². The molecule has 5 fully saturated rings. The fourth-order valence-corrected chi connectivity index (χ4v) is 11.0. The molecule has 0 unspecified atom stereocenters. The van der Waals surface area contributed by atoms with Crippen molar-refractivity contribution in [3.8, 4) is 0 Å². The van der Waals surface area contributed by atoms with Gasteiger partial charge in [-0.15, -0.1) is 0 Å². The van der Waals surface area contributed by atoms with Crippen molar-refractivity contribution in [1.82, 2.24) is 21.3 Å². The first-order chi connectivity index (χ1) is 43.1. The zero-order chi connectivity index (χ0) is 69.2. The molecular formula is C50H84N4O38. The highest BCUT2D eigenvalue weighted by atomic mass is 16.8. The first kappa shape index (κ1) is 78.3.